The van der Waals surface area contributed by atoms with Crippen LogP contribution in [0.1, 0.15) is 30.4 Å². The lowest BCUT2D eigenvalue weighted by atomic mass is 9.93. The van der Waals surface area contributed by atoms with Gasteiger partial charge in [-0.1, -0.05) is 36.8 Å². The molecule has 1 aromatic rings. The van der Waals surface area contributed by atoms with Crippen LogP contribution in [-0.4, -0.2) is 22.9 Å². The Morgan fingerprint density at radius 3 is 2.29 bits per heavy atom. The minimum atomic E-state index is -0.456. The van der Waals surface area contributed by atoms with E-state index in [1.54, 1.807) is 0 Å². The van der Waals surface area contributed by atoms with Crippen LogP contribution in [0.2, 0.25) is 0 Å². The molecule has 0 aliphatic rings. The fraction of sp³-hybridized carbons (Fsp3) is 0.500. The summed E-state index contributed by atoms with van der Waals surface area (Å²) in [5.74, 6) is 0.0859. The molecule has 2 atom stereocenters. The molecule has 0 unspecified atom stereocenters. The van der Waals surface area contributed by atoms with Gasteiger partial charge in [0.1, 0.15) is 0 Å². The van der Waals surface area contributed by atoms with Crippen LogP contribution >= 0.6 is 0 Å². The molecule has 0 aromatic heterocycles. The van der Waals surface area contributed by atoms with Crippen molar-refractivity contribution in [2.75, 3.05) is 6.61 Å². The quantitative estimate of drug-likeness (QED) is 0.767. The zero-order valence-corrected chi connectivity index (χ0v) is 8.77. The Bertz CT molecular complexity index is 266. The van der Waals surface area contributed by atoms with Crippen LogP contribution in [0.25, 0.3) is 0 Å². The number of aliphatic hydroxyl groups is 2. The molecule has 0 amide bonds. The van der Waals surface area contributed by atoms with Crippen LogP contribution in [0.15, 0.2) is 24.3 Å². The van der Waals surface area contributed by atoms with Crippen LogP contribution in [0.3, 0.4) is 0 Å². The van der Waals surface area contributed by atoms with Gasteiger partial charge < -0.3 is 10.2 Å². The first kappa shape index (κ1) is 11.2. The third-order valence-corrected chi connectivity index (χ3v) is 2.61. The summed E-state index contributed by atoms with van der Waals surface area (Å²) in [5.41, 5.74) is 2.34. The van der Waals surface area contributed by atoms with Crippen molar-refractivity contribution in [3.05, 3.63) is 35.4 Å². The summed E-state index contributed by atoms with van der Waals surface area (Å²) in [4.78, 5) is 0. The molecule has 0 bridgehead atoms. The molecule has 0 saturated heterocycles. The van der Waals surface area contributed by atoms with Gasteiger partial charge >= 0.3 is 0 Å². The first-order valence-electron chi connectivity index (χ1n) is 5.00. The average Bonchev–Trinajstić information content (AvgIpc) is 2.18. The molecule has 0 heterocycles. The molecule has 0 aliphatic heterocycles. The molecule has 0 fully saturated rings. The highest BCUT2D eigenvalue weighted by atomic mass is 16.3. The van der Waals surface area contributed by atoms with Crippen LogP contribution in [0.4, 0.5) is 0 Å². The number of benzene rings is 1. The lowest BCUT2D eigenvalue weighted by Crippen LogP contribution is -2.17. The summed E-state index contributed by atoms with van der Waals surface area (Å²) in [6.07, 6.45) is -0.0163. The van der Waals surface area contributed by atoms with E-state index in [-0.39, 0.29) is 12.5 Å². The van der Waals surface area contributed by atoms with Gasteiger partial charge in [0, 0.05) is 12.5 Å². The maximum absolute atomic E-state index is 9.68. The molecule has 1 aromatic carbocycles. The highest BCUT2D eigenvalue weighted by molar-refractivity contribution is 5.24. The van der Waals surface area contributed by atoms with Crippen LogP contribution in [-0.2, 0) is 0 Å². The summed E-state index contributed by atoms with van der Waals surface area (Å²) in [7, 11) is 0. The van der Waals surface area contributed by atoms with Crippen molar-refractivity contribution in [2.24, 2.45) is 0 Å². The van der Waals surface area contributed by atoms with E-state index in [9.17, 15) is 5.11 Å². The van der Waals surface area contributed by atoms with E-state index in [1.165, 1.54) is 5.56 Å². The summed E-state index contributed by atoms with van der Waals surface area (Å²) in [5, 5.41) is 18.4. The number of hydrogen-bond donors (Lipinski definition) is 2. The maximum atomic E-state index is 9.68. The Balaban J connectivity index is 2.68. The third kappa shape index (κ3) is 2.82. The fourth-order valence-electron chi connectivity index (χ4n) is 1.47. The van der Waals surface area contributed by atoms with E-state index >= 15 is 0 Å². The van der Waals surface area contributed by atoms with Gasteiger partial charge in [-0.05, 0) is 18.9 Å². The van der Waals surface area contributed by atoms with Crippen LogP contribution in [0.5, 0.6) is 0 Å². The SMILES string of the molecule is Cc1ccc([C@@H](C)[C@@H](O)CCO)cc1. The van der Waals surface area contributed by atoms with Crippen molar-refractivity contribution in [2.45, 2.75) is 32.3 Å². The molecule has 78 valence electrons. The van der Waals surface area contributed by atoms with Gasteiger partial charge in [-0.15, -0.1) is 0 Å². The molecule has 0 spiro atoms. The molecule has 0 saturated carbocycles. The van der Waals surface area contributed by atoms with E-state index < -0.39 is 6.10 Å². The fourth-order valence-corrected chi connectivity index (χ4v) is 1.47. The molecule has 0 aliphatic carbocycles. The smallest absolute Gasteiger partial charge is 0.0627 e. The molecule has 0 radical (unpaired) electrons. The molecule has 2 N–H and O–H groups in total. The van der Waals surface area contributed by atoms with Gasteiger partial charge in [-0.2, -0.15) is 0 Å². The first-order valence-corrected chi connectivity index (χ1v) is 5.00. The predicted octanol–water partition coefficient (Wildman–Crippen LogP) is 1.84. The second kappa shape index (κ2) is 5.13. The molecule has 2 heteroatoms. The van der Waals surface area contributed by atoms with Gasteiger partial charge in [-0.3, -0.25) is 0 Å². The van der Waals surface area contributed by atoms with E-state index in [0.717, 1.165) is 5.56 Å². The highest BCUT2D eigenvalue weighted by Crippen LogP contribution is 2.21. The summed E-state index contributed by atoms with van der Waals surface area (Å²) >= 11 is 0. The zero-order valence-electron chi connectivity index (χ0n) is 8.77. The van der Waals surface area contributed by atoms with Gasteiger partial charge in [0.05, 0.1) is 6.10 Å². The predicted molar refractivity (Wildman–Crippen MR) is 57.3 cm³/mol. The van der Waals surface area contributed by atoms with Gasteiger partial charge in [-0.25, -0.2) is 0 Å². The van der Waals surface area contributed by atoms with Crippen molar-refractivity contribution in [3.8, 4) is 0 Å². The van der Waals surface area contributed by atoms with E-state index in [2.05, 4.69) is 0 Å². The maximum Gasteiger partial charge on any atom is 0.0627 e. The molecule has 1 rings (SSSR count). The van der Waals surface area contributed by atoms with E-state index in [4.69, 9.17) is 5.11 Å². The second-order valence-corrected chi connectivity index (χ2v) is 3.78. The minimum Gasteiger partial charge on any atom is -0.396 e. The first-order chi connectivity index (χ1) is 6.65. The molecule has 14 heavy (non-hydrogen) atoms. The number of hydrogen-bond acceptors (Lipinski definition) is 2. The normalized spacial score (nSPS) is 15.1. The lowest BCUT2D eigenvalue weighted by Gasteiger charge is -2.18. The van der Waals surface area contributed by atoms with E-state index in [1.807, 2.05) is 38.1 Å². The lowest BCUT2D eigenvalue weighted by molar-refractivity contribution is 0.113. The Kier molecular flexibility index (Phi) is 4.11. The monoisotopic (exact) mass is 194 g/mol. The van der Waals surface area contributed by atoms with Crippen molar-refractivity contribution >= 4 is 0 Å². The van der Waals surface area contributed by atoms with Crippen molar-refractivity contribution in [1.82, 2.24) is 0 Å². The molecular weight excluding hydrogens is 176 g/mol. The zero-order chi connectivity index (χ0) is 10.6. The van der Waals surface area contributed by atoms with Crippen molar-refractivity contribution < 1.29 is 10.2 Å². The van der Waals surface area contributed by atoms with Gasteiger partial charge in [0.15, 0.2) is 0 Å². The standard InChI is InChI=1S/C12H18O2/c1-9-3-5-11(6-4-9)10(2)12(14)7-8-13/h3-6,10,12-14H,7-8H2,1-2H3/t10-,12+/m1/s1. The third-order valence-electron chi connectivity index (χ3n) is 2.61. The highest BCUT2D eigenvalue weighted by Gasteiger charge is 2.14. The summed E-state index contributed by atoms with van der Waals surface area (Å²) in [6, 6.07) is 8.14. The van der Waals surface area contributed by atoms with Gasteiger partial charge in [0.25, 0.3) is 0 Å². The Hall–Kier alpha value is -0.860. The number of rotatable bonds is 4. The van der Waals surface area contributed by atoms with Crippen molar-refractivity contribution in [1.29, 1.82) is 0 Å². The van der Waals surface area contributed by atoms with Crippen LogP contribution in [0, 0.1) is 6.92 Å². The Morgan fingerprint density at radius 1 is 1.21 bits per heavy atom. The van der Waals surface area contributed by atoms with E-state index in [0.29, 0.717) is 6.42 Å². The van der Waals surface area contributed by atoms with Gasteiger partial charge in [0.2, 0.25) is 0 Å². The Labute approximate surface area is 85.2 Å². The summed E-state index contributed by atoms with van der Waals surface area (Å²) in [6.45, 7) is 4.06. The topological polar surface area (TPSA) is 40.5 Å². The number of aryl methyl sites for hydroxylation is 1. The average molecular weight is 194 g/mol. The largest absolute Gasteiger partial charge is 0.396 e. The summed E-state index contributed by atoms with van der Waals surface area (Å²) < 4.78 is 0. The molecule has 2 nitrogen and oxygen atoms in total. The minimum absolute atomic E-state index is 0.0391. The van der Waals surface area contributed by atoms with Crippen LogP contribution < -0.4 is 0 Å². The molecular formula is C12H18O2. The number of aliphatic hydroxyl groups excluding tert-OH is 2. The Morgan fingerprint density at radius 2 is 1.79 bits per heavy atom. The van der Waals surface area contributed by atoms with Crippen molar-refractivity contribution in [3.63, 3.8) is 0 Å². The second-order valence-electron chi connectivity index (χ2n) is 3.78.